The quantitative estimate of drug-likeness (QED) is 0.801. The van der Waals surface area contributed by atoms with E-state index in [1.807, 2.05) is 24.3 Å². The Bertz CT molecular complexity index is 368. The summed E-state index contributed by atoms with van der Waals surface area (Å²) in [4.78, 5) is 11.2. The van der Waals surface area contributed by atoms with Crippen molar-refractivity contribution in [3.8, 4) is 5.75 Å². The Labute approximate surface area is 103 Å². The molecule has 0 saturated heterocycles. The molecular weight excluding hydrogens is 272 g/mol. The molecule has 0 N–H and O–H groups in total. The number of hydrogen-bond acceptors (Lipinski definition) is 3. The van der Waals surface area contributed by atoms with Gasteiger partial charge in [-0.1, -0.05) is 15.9 Å². The van der Waals surface area contributed by atoms with E-state index in [1.165, 1.54) is 7.11 Å². The Morgan fingerprint density at radius 1 is 1.31 bits per heavy atom. The lowest BCUT2D eigenvalue weighted by molar-refractivity contribution is -0.151. The zero-order valence-corrected chi connectivity index (χ0v) is 10.6. The fourth-order valence-corrected chi connectivity index (χ4v) is 1.99. The highest BCUT2D eigenvalue weighted by molar-refractivity contribution is 9.10. The highest BCUT2D eigenvalue weighted by Crippen LogP contribution is 2.32. The highest BCUT2D eigenvalue weighted by atomic mass is 79.9. The maximum atomic E-state index is 11.2. The third-order valence-electron chi connectivity index (χ3n) is 2.75. The minimum atomic E-state index is -0.129. The van der Waals surface area contributed by atoms with Crippen molar-refractivity contribution in [1.29, 1.82) is 0 Å². The topological polar surface area (TPSA) is 35.5 Å². The molecule has 0 aromatic heterocycles. The average Bonchev–Trinajstić information content (AvgIpc) is 2.24. The molecule has 0 unspecified atom stereocenters. The van der Waals surface area contributed by atoms with E-state index in [0.29, 0.717) is 0 Å². The van der Waals surface area contributed by atoms with Gasteiger partial charge in [-0.25, -0.2) is 0 Å². The second kappa shape index (κ2) is 4.87. The summed E-state index contributed by atoms with van der Waals surface area (Å²) in [5.41, 5.74) is 0. The minimum absolute atomic E-state index is 0.0189. The predicted octanol–water partition coefficient (Wildman–Crippen LogP) is 2.78. The standard InChI is InChI=1S/C12H13BrO3/c1-15-12(14)8-6-11(7-8)16-10-4-2-9(13)3-5-10/h2-5,8,11H,6-7H2,1H3. The fraction of sp³-hybridized carbons (Fsp3) is 0.417. The molecule has 0 radical (unpaired) electrons. The number of rotatable bonds is 3. The molecule has 1 fully saturated rings. The molecule has 86 valence electrons. The zero-order chi connectivity index (χ0) is 11.5. The molecule has 0 heterocycles. The number of ether oxygens (including phenoxy) is 2. The van der Waals surface area contributed by atoms with Crippen molar-refractivity contribution in [2.75, 3.05) is 7.11 Å². The maximum Gasteiger partial charge on any atom is 0.308 e. The van der Waals surface area contributed by atoms with Crippen LogP contribution in [0.5, 0.6) is 5.75 Å². The van der Waals surface area contributed by atoms with E-state index in [9.17, 15) is 4.79 Å². The van der Waals surface area contributed by atoms with E-state index in [4.69, 9.17) is 4.74 Å². The fourth-order valence-electron chi connectivity index (χ4n) is 1.73. The predicted molar refractivity (Wildman–Crippen MR) is 63.3 cm³/mol. The van der Waals surface area contributed by atoms with Crippen LogP contribution in [0.2, 0.25) is 0 Å². The Morgan fingerprint density at radius 3 is 2.50 bits per heavy atom. The van der Waals surface area contributed by atoms with Crippen LogP contribution in [0.1, 0.15) is 12.8 Å². The normalized spacial score (nSPS) is 23.4. The van der Waals surface area contributed by atoms with Crippen molar-refractivity contribution in [1.82, 2.24) is 0 Å². The number of carbonyl (C=O) groups is 1. The molecule has 1 aromatic rings. The zero-order valence-electron chi connectivity index (χ0n) is 8.98. The highest BCUT2D eigenvalue weighted by Gasteiger charge is 2.36. The van der Waals surface area contributed by atoms with Crippen molar-refractivity contribution < 1.29 is 14.3 Å². The van der Waals surface area contributed by atoms with E-state index < -0.39 is 0 Å². The van der Waals surface area contributed by atoms with E-state index in [-0.39, 0.29) is 18.0 Å². The van der Waals surface area contributed by atoms with Gasteiger partial charge in [-0.05, 0) is 37.1 Å². The molecule has 16 heavy (non-hydrogen) atoms. The summed E-state index contributed by atoms with van der Waals surface area (Å²) in [6, 6.07) is 7.70. The Hall–Kier alpha value is -1.03. The minimum Gasteiger partial charge on any atom is -0.490 e. The summed E-state index contributed by atoms with van der Waals surface area (Å²) in [7, 11) is 1.42. The lowest BCUT2D eigenvalue weighted by Crippen LogP contribution is -2.38. The summed E-state index contributed by atoms with van der Waals surface area (Å²) in [5, 5.41) is 0. The average molecular weight is 285 g/mol. The van der Waals surface area contributed by atoms with Crippen LogP contribution in [-0.2, 0) is 9.53 Å². The number of carbonyl (C=O) groups excluding carboxylic acids is 1. The van der Waals surface area contributed by atoms with Crippen molar-refractivity contribution >= 4 is 21.9 Å². The van der Waals surface area contributed by atoms with Gasteiger partial charge in [0.1, 0.15) is 11.9 Å². The van der Waals surface area contributed by atoms with Gasteiger partial charge in [0.15, 0.2) is 0 Å². The van der Waals surface area contributed by atoms with E-state index >= 15 is 0 Å². The molecule has 1 aromatic carbocycles. The molecule has 0 spiro atoms. The first-order valence-corrected chi connectivity index (χ1v) is 5.98. The molecule has 1 saturated carbocycles. The monoisotopic (exact) mass is 284 g/mol. The van der Waals surface area contributed by atoms with Gasteiger partial charge in [-0.15, -0.1) is 0 Å². The van der Waals surface area contributed by atoms with Gasteiger partial charge in [0, 0.05) is 4.47 Å². The van der Waals surface area contributed by atoms with Crippen LogP contribution in [0.15, 0.2) is 28.7 Å². The van der Waals surface area contributed by atoms with Crippen molar-refractivity contribution in [2.45, 2.75) is 18.9 Å². The van der Waals surface area contributed by atoms with Gasteiger partial charge in [0.25, 0.3) is 0 Å². The third kappa shape index (κ3) is 2.55. The number of halogens is 1. The smallest absolute Gasteiger partial charge is 0.308 e. The lowest BCUT2D eigenvalue weighted by Gasteiger charge is -2.33. The number of methoxy groups -OCH3 is 1. The Morgan fingerprint density at radius 2 is 1.94 bits per heavy atom. The molecule has 0 atom stereocenters. The molecule has 1 aliphatic rings. The lowest BCUT2D eigenvalue weighted by atomic mass is 9.82. The molecule has 0 bridgehead atoms. The molecule has 1 aliphatic carbocycles. The summed E-state index contributed by atoms with van der Waals surface area (Å²) >= 11 is 3.36. The van der Waals surface area contributed by atoms with E-state index in [1.54, 1.807) is 0 Å². The van der Waals surface area contributed by atoms with Gasteiger partial charge in [0.05, 0.1) is 13.0 Å². The van der Waals surface area contributed by atoms with Gasteiger partial charge >= 0.3 is 5.97 Å². The first-order valence-electron chi connectivity index (χ1n) is 5.19. The van der Waals surface area contributed by atoms with E-state index in [0.717, 1.165) is 23.1 Å². The van der Waals surface area contributed by atoms with Gasteiger partial charge < -0.3 is 9.47 Å². The van der Waals surface area contributed by atoms with Gasteiger partial charge in [-0.2, -0.15) is 0 Å². The van der Waals surface area contributed by atoms with Crippen molar-refractivity contribution in [3.05, 3.63) is 28.7 Å². The summed E-state index contributed by atoms with van der Waals surface area (Å²) in [6.07, 6.45) is 1.65. The number of esters is 1. The summed E-state index contributed by atoms with van der Waals surface area (Å²) in [6.45, 7) is 0. The molecular formula is C12H13BrO3. The van der Waals surface area contributed by atoms with Crippen LogP contribution >= 0.6 is 15.9 Å². The molecule has 3 nitrogen and oxygen atoms in total. The first kappa shape index (κ1) is 11.5. The summed E-state index contributed by atoms with van der Waals surface area (Å²) in [5.74, 6) is 0.734. The van der Waals surface area contributed by atoms with Crippen LogP contribution in [0.25, 0.3) is 0 Å². The second-order valence-electron chi connectivity index (χ2n) is 3.89. The van der Waals surface area contributed by atoms with Crippen molar-refractivity contribution in [3.63, 3.8) is 0 Å². The summed E-state index contributed by atoms with van der Waals surface area (Å²) < 4.78 is 11.4. The van der Waals surface area contributed by atoms with Crippen LogP contribution < -0.4 is 4.74 Å². The largest absolute Gasteiger partial charge is 0.490 e. The SMILES string of the molecule is COC(=O)C1CC(Oc2ccc(Br)cc2)C1. The second-order valence-corrected chi connectivity index (χ2v) is 4.80. The molecule has 0 aliphatic heterocycles. The van der Waals surface area contributed by atoms with Crippen LogP contribution in [0, 0.1) is 5.92 Å². The van der Waals surface area contributed by atoms with Crippen molar-refractivity contribution in [2.24, 2.45) is 5.92 Å². The number of hydrogen-bond donors (Lipinski definition) is 0. The molecule has 4 heteroatoms. The van der Waals surface area contributed by atoms with Crippen LogP contribution in [0.4, 0.5) is 0 Å². The Balaban J connectivity index is 1.81. The Kier molecular flexibility index (Phi) is 3.49. The molecule has 2 rings (SSSR count). The van der Waals surface area contributed by atoms with E-state index in [2.05, 4.69) is 20.7 Å². The van der Waals surface area contributed by atoms with Crippen LogP contribution in [-0.4, -0.2) is 19.2 Å². The van der Waals surface area contributed by atoms with Gasteiger partial charge in [0.2, 0.25) is 0 Å². The maximum absolute atomic E-state index is 11.2. The van der Waals surface area contributed by atoms with Gasteiger partial charge in [-0.3, -0.25) is 4.79 Å². The van der Waals surface area contributed by atoms with Crippen LogP contribution in [0.3, 0.4) is 0 Å². The molecule has 0 amide bonds. The third-order valence-corrected chi connectivity index (χ3v) is 3.27. The number of benzene rings is 1. The first-order chi connectivity index (χ1) is 7.69.